The quantitative estimate of drug-likeness (QED) is 0.570. The second kappa shape index (κ2) is 6.20. The number of hydrogen-bond donors (Lipinski definition) is 2. The van der Waals surface area contributed by atoms with Crippen LogP contribution >= 0.6 is 0 Å². The fourth-order valence-corrected chi connectivity index (χ4v) is 2.73. The predicted octanol–water partition coefficient (Wildman–Crippen LogP) is 0.418. The minimum Gasteiger partial charge on any atom is -0.413 e. The van der Waals surface area contributed by atoms with Crippen molar-refractivity contribution in [3.05, 3.63) is 5.69 Å². The lowest BCUT2D eigenvalue weighted by atomic mass is 10.1. The Morgan fingerprint density at radius 2 is 1.95 bits per heavy atom. The van der Waals surface area contributed by atoms with Crippen LogP contribution in [0.2, 0.25) is 0 Å². The molecule has 1 aromatic rings. The molecule has 1 aromatic heterocycles. The Hall–Kier alpha value is -1.69. The predicted molar refractivity (Wildman–Crippen MR) is 69.2 cm³/mol. The monoisotopic (exact) mass is 344 g/mol. The summed E-state index contributed by atoms with van der Waals surface area (Å²) in [6, 6.07) is 0. The highest BCUT2D eigenvalue weighted by Crippen LogP contribution is 2.22. The summed E-state index contributed by atoms with van der Waals surface area (Å²) in [4.78, 5) is 0.801. The highest BCUT2D eigenvalue weighted by Gasteiger charge is 2.38. The number of rotatable bonds is 6. The van der Waals surface area contributed by atoms with E-state index in [-0.39, 0.29) is 0 Å². The lowest BCUT2D eigenvalue weighted by Gasteiger charge is -2.22. The first kappa shape index (κ1) is 18.4. The van der Waals surface area contributed by atoms with Crippen LogP contribution in [-0.4, -0.2) is 51.9 Å². The van der Waals surface area contributed by atoms with Crippen LogP contribution in [0, 0.1) is 5.41 Å². The first-order valence-electron chi connectivity index (χ1n) is 5.87. The number of aromatic nitrogens is 3. The lowest BCUT2D eigenvalue weighted by molar-refractivity contribution is -0.0536. The maximum atomic E-state index is 13.8. The summed E-state index contributed by atoms with van der Waals surface area (Å²) in [5, 5.41) is 22.4. The van der Waals surface area contributed by atoms with Gasteiger partial charge in [0.05, 0.1) is 5.60 Å². The number of nitrogens with one attached hydrogen (secondary N) is 1. The van der Waals surface area contributed by atoms with Gasteiger partial charge in [-0.05, 0) is 13.8 Å². The van der Waals surface area contributed by atoms with Crippen molar-refractivity contribution >= 4 is 14.9 Å². The SMILES string of the molecule is Cn1nc(CS(=O)(=O)C(=N)C(F)C(C)(C)O)c(OC(F)F)n1. The van der Waals surface area contributed by atoms with E-state index in [0.29, 0.717) is 0 Å². The average molecular weight is 344 g/mol. The van der Waals surface area contributed by atoms with Crippen LogP contribution in [0.25, 0.3) is 0 Å². The molecule has 1 heterocycles. The second-order valence-corrected chi connectivity index (χ2v) is 6.92. The number of halogens is 3. The van der Waals surface area contributed by atoms with E-state index in [2.05, 4.69) is 14.9 Å². The summed E-state index contributed by atoms with van der Waals surface area (Å²) in [5.41, 5.74) is -2.58. The fraction of sp³-hybridized carbons (Fsp3) is 0.700. The molecule has 2 N–H and O–H groups in total. The van der Waals surface area contributed by atoms with Gasteiger partial charge in [-0.15, -0.1) is 5.10 Å². The molecule has 0 aliphatic heterocycles. The summed E-state index contributed by atoms with van der Waals surface area (Å²) in [7, 11) is -3.29. The van der Waals surface area contributed by atoms with Gasteiger partial charge in [0.1, 0.15) is 11.4 Å². The van der Waals surface area contributed by atoms with Crippen molar-refractivity contribution in [1.82, 2.24) is 15.0 Å². The van der Waals surface area contributed by atoms with Crippen LogP contribution in [0.15, 0.2) is 0 Å². The van der Waals surface area contributed by atoms with Crippen molar-refractivity contribution in [2.75, 3.05) is 0 Å². The van der Waals surface area contributed by atoms with Crippen molar-refractivity contribution in [1.29, 1.82) is 5.41 Å². The van der Waals surface area contributed by atoms with Gasteiger partial charge in [0, 0.05) is 7.05 Å². The fourth-order valence-electron chi connectivity index (χ4n) is 1.43. The van der Waals surface area contributed by atoms with Crippen molar-refractivity contribution in [3.8, 4) is 5.88 Å². The van der Waals surface area contributed by atoms with Gasteiger partial charge < -0.3 is 9.84 Å². The molecule has 22 heavy (non-hydrogen) atoms. The molecule has 0 radical (unpaired) electrons. The van der Waals surface area contributed by atoms with E-state index >= 15 is 0 Å². The average Bonchev–Trinajstić information content (AvgIpc) is 2.64. The Kier molecular flexibility index (Phi) is 5.18. The number of nitrogens with zero attached hydrogens (tertiary/aromatic N) is 3. The third kappa shape index (κ3) is 4.40. The normalized spacial score (nSPS) is 14.2. The van der Waals surface area contributed by atoms with Gasteiger partial charge >= 0.3 is 6.61 Å². The molecule has 1 rings (SSSR count). The van der Waals surface area contributed by atoms with Crippen LogP contribution < -0.4 is 4.74 Å². The molecule has 12 heteroatoms. The molecule has 126 valence electrons. The number of aliphatic hydroxyl groups is 1. The van der Waals surface area contributed by atoms with E-state index in [0.717, 1.165) is 18.6 Å². The van der Waals surface area contributed by atoms with Gasteiger partial charge in [-0.25, -0.2) is 12.8 Å². The maximum absolute atomic E-state index is 13.8. The van der Waals surface area contributed by atoms with Gasteiger partial charge in [-0.1, -0.05) is 0 Å². The smallest absolute Gasteiger partial charge is 0.388 e. The molecule has 0 saturated heterocycles. The van der Waals surface area contributed by atoms with Crippen LogP contribution in [0.5, 0.6) is 5.88 Å². The van der Waals surface area contributed by atoms with E-state index in [9.17, 15) is 26.7 Å². The minimum atomic E-state index is -4.53. The topological polar surface area (TPSA) is 118 Å². The summed E-state index contributed by atoms with van der Waals surface area (Å²) in [5.74, 6) is -1.79. The first-order chi connectivity index (χ1) is 9.84. The van der Waals surface area contributed by atoms with Gasteiger partial charge in [0.15, 0.2) is 21.1 Å². The highest BCUT2D eigenvalue weighted by molar-refractivity contribution is 8.05. The molecule has 0 saturated carbocycles. The van der Waals surface area contributed by atoms with Crippen molar-refractivity contribution < 1.29 is 31.4 Å². The molecule has 1 atom stereocenters. The molecule has 0 bridgehead atoms. The van der Waals surface area contributed by atoms with Gasteiger partial charge in [-0.2, -0.15) is 18.7 Å². The zero-order valence-electron chi connectivity index (χ0n) is 11.9. The summed E-state index contributed by atoms with van der Waals surface area (Å²) in [6.07, 6.45) is -2.48. The summed E-state index contributed by atoms with van der Waals surface area (Å²) >= 11 is 0. The molecule has 0 amide bonds. The number of ether oxygens (including phenoxy) is 1. The largest absolute Gasteiger partial charge is 0.413 e. The molecule has 1 unspecified atom stereocenters. The molecule has 0 spiro atoms. The number of sulfone groups is 1. The first-order valence-corrected chi connectivity index (χ1v) is 7.52. The number of aryl methyl sites for hydroxylation is 1. The van der Waals surface area contributed by atoms with Crippen molar-refractivity contribution in [2.24, 2.45) is 7.05 Å². The van der Waals surface area contributed by atoms with Crippen molar-refractivity contribution in [2.45, 2.75) is 38.0 Å². The van der Waals surface area contributed by atoms with Crippen LogP contribution in [0.1, 0.15) is 19.5 Å². The molecule has 8 nitrogen and oxygen atoms in total. The molecule has 0 fully saturated rings. The maximum Gasteiger partial charge on any atom is 0.388 e. The highest BCUT2D eigenvalue weighted by atomic mass is 32.2. The summed E-state index contributed by atoms with van der Waals surface area (Å²) < 4.78 is 66.1. The molecule has 0 aromatic carbocycles. The molecular formula is C10H15F3N4O4S. The van der Waals surface area contributed by atoms with Gasteiger partial charge in [0.25, 0.3) is 5.88 Å². The third-order valence-electron chi connectivity index (χ3n) is 2.46. The standard InChI is InChI=1S/C10H15F3N4O4S/c1-10(2,18)6(11)7(14)22(19,20)4-5-8(21-9(12)13)16-17(3)15-5/h6,9,14,18H,4H2,1-3H3. The van der Waals surface area contributed by atoms with E-state index < -0.39 is 50.6 Å². The Bertz CT molecular complexity index is 654. The van der Waals surface area contributed by atoms with Crippen LogP contribution in [0.3, 0.4) is 0 Å². The third-order valence-corrected chi connectivity index (χ3v) is 3.99. The van der Waals surface area contributed by atoms with E-state index in [1.165, 1.54) is 7.05 Å². The second-order valence-electron chi connectivity index (χ2n) is 4.96. The van der Waals surface area contributed by atoms with E-state index in [1.54, 1.807) is 0 Å². The lowest BCUT2D eigenvalue weighted by Crippen LogP contribution is -2.42. The van der Waals surface area contributed by atoms with Crippen LogP contribution in [-0.2, 0) is 22.6 Å². The Morgan fingerprint density at radius 3 is 2.41 bits per heavy atom. The number of hydrogen-bond acceptors (Lipinski definition) is 7. The zero-order chi connectivity index (χ0) is 17.3. The molecule has 0 aliphatic rings. The zero-order valence-corrected chi connectivity index (χ0v) is 12.7. The van der Waals surface area contributed by atoms with Gasteiger partial charge in [-0.3, -0.25) is 5.41 Å². The van der Waals surface area contributed by atoms with E-state index in [1.807, 2.05) is 0 Å². The number of alkyl halides is 3. The summed E-state index contributed by atoms with van der Waals surface area (Å²) in [6.45, 7) is -1.26. The van der Waals surface area contributed by atoms with Crippen molar-refractivity contribution in [3.63, 3.8) is 0 Å². The van der Waals surface area contributed by atoms with Gasteiger partial charge in [0.2, 0.25) is 0 Å². The van der Waals surface area contributed by atoms with E-state index in [4.69, 9.17) is 5.41 Å². The Morgan fingerprint density at radius 1 is 1.41 bits per heavy atom. The minimum absolute atomic E-state index is 0.490. The molecular weight excluding hydrogens is 329 g/mol. The molecule has 0 aliphatic carbocycles. The van der Waals surface area contributed by atoms with Crippen LogP contribution in [0.4, 0.5) is 13.2 Å². The Labute approximate surface area is 124 Å². The Balaban J connectivity index is 3.05.